The summed E-state index contributed by atoms with van der Waals surface area (Å²) in [5.74, 6) is -0.413. The minimum Gasteiger partial charge on any atom is -0.462 e. The molecular weight excluding hydrogens is 280 g/mol. The summed E-state index contributed by atoms with van der Waals surface area (Å²) in [6.07, 6.45) is 1.01. The first-order chi connectivity index (χ1) is 10.4. The Hall–Kier alpha value is -2.14. The molecule has 2 N–H and O–H groups in total. The molecule has 0 aliphatic carbocycles. The van der Waals surface area contributed by atoms with Gasteiger partial charge in [0.05, 0.1) is 23.9 Å². The Morgan fingerprint density at radius 3 is 2.77 bits per heavy atom. The summed E-state index contributed by atoms with van der Waals surface area (Å²) in [6.45, 7) is 8.10. The number of benzene rings is 1. The second-order valence-corrected chi connectivity index (χ2v) is 5.48. The number of pyridine rings is 1. The number of nitrogens with one attached hydrogen (secondary N) is 1. The van der Waals surface area contributed by atoms with Gasteiger partial charge in [0.1, 0.15) is 5.56 Å². The van der Waals surface area contributed by atoms with Crippen LogP contribution in [0.5, 0.6) is 0 Å². The third-order valence-electron chi connectivity index (χ3n) is 3.38. The first-order valence-corrected chi connectivity index (χ1v) is 7.43. The van der Waals surface area contributed by atoms with Gasteiger partial charge in [-0.05, 0) is 39.3 Å². The Morgan fingerprint density at radius 1 is 1.41 bits per heavy atom. The molecule has 0 spiro atoms. The zero-order valence-electron chi connectivity index (χ0n) is 13.4. The van der Waals surface area contributed by atoms with Gasteiger partial charge in [-0.1, -0.05) is 11.6 Å². The summed E-state index contributed by atoms with van der Waals surface area (Å²) < 4.78 is 5.10. The van der Waals surface area contributed by atoms with Crippen molar-refractivity contribution in [1.29, 1.82) is 0 Å². The van der Waals surface area contributed by atoms with E-state index >= 15 is 0 Å². The third-order valence-corrected chi connectivity index (χ3v) is 3.38. The number of aliphatic hydroxyl groups is 1. The molecule has 0 unspecified atom stereocenters. The van der Waals surface area contributed by atoms with Crippen LogP contribution in [0, 0.1) is 13.8 Å². The lowest BCUT2D eigenvalue weighted by molar-refractivity contribution is 0.0527. The highest BCUT2D eigenvalue weighted by atomic mass is 16.5. The summed E-state index contributed by atoms with van der Waals surface area (Å²) in [5, 5.41) is 13.6. The van der Waals surface area contributed by atoms with Crippen LogP contribution in [0.1, 0.15) is 35.3 Å². The zero-order chi connectivity index (χ0) is 16.3. The Balaban J connectivity index is 2.63. The molecule has 2 rings (SSSR count). The van der Waals surface area contributed by atoms with Gasteiger partial charge >= 0.3 is 5.97 Å². The lowest BCUT2D eigenvalue weighted by Crippen LogP contribution is -2.18. The molecule has 5 heteroatoms. The summed E-state index contributed by atoms with van der Waals surface area (Å²) in [6, 6.07) is 4.04. The van der Waals surface area contributed by atoms with Gasteiger partial charge in [0, 0.05) is 18.1 Å². The quantitative estimate of drug-likeness (QED) is 0.831. The van der Waals surface area contributed by atoms with Crippen LogP contribution in [0.25, 0.3) is 10.9 Å². The smallest absolute Gasteiger partial charge is 0.341 e. The van der Waals surface area contributed by atoms with Crippen molar-refractivity contribution in [3.8, 4) is 0 Å². The van der Waals surface area contributed by atoms with Gasteiger partial charge in [-0.25, -0.2) is 4.79 Å². The van der Waals surface area contributed by atoms with Crippen LogP contribution < -0.4 is 5.32 Å². The predicted molar refractivity (Wildman–Crippen MR) is 87.3 cm³/mol. The van der Waals surface area contributed by atoms with E-state index in [4.69, 9.17) is 4.74 Å². The van der Waals surface area contributed by atoms with Crippen molar-refractivity contribution >= 4 is 22.6 Å². The summed E-state index contributed by atoms with van der Waals surface area (Å²) in [7, 11) is 0. The molecule has 1 heterocycles. The number of esters is 1. The van der Waals surface area contributed by atoms with Crippen LogP contribution in [0.4, 0.5) is 5.69 Å². The van der Waals surface area contributed by atoms with Crippen LogP contribution in [-0.2, 0) is 4.74 Å². The van der Waals surface area contributed by atoms with E-state index in [1.807, 2.05) is 19.9 Å². The van der Waals surface area contributed by atoms with Gasteiger partial charge < -0.3 is 15.2 Å². The largest absolute Gasteiger partial charge is 0.462 e. The fraction of sp³-hybridized carbons (Fsp3) is 0.412. The number of nitrogens with zero attached hydrogens (tertiary/aromatic N) is 1. The maximum atomic E-state index is 12.2. The second-order valence-electron chi connectivity index (χ2n) is 5.48. The highest BCUT2D eigenvalue weighted by molar-refractivity contribution is 6.05. The molecule has 0 aliphatic rings. The molecule has 1 aromatic carbocycles. The Kier molecular flexibility index (Phi) is 4.98. The Labute approximate surface area is 130 Å². The van der Waals surface area contributed by atoms with Crippen LogP contribution in [0.3, 0.4) is 0 Å². The number of anilines is 1. The number of aromatic nitrogens is 1. The Morgan fingerprint density at radius 2 is 2.14 bits per heavy atom. The molecule has 0 saturated carbocycles. The van der Waals surface area contributed by atoms with Crippen molar-refractivity contribution in [2.24, 2.45) is 0 Å². The molecule has 0 amide bonds. The first kappa shape index (κ1) is 16.2. The number of rotatable bonds is 5. The Bertz CT molecular complexity index is 696. The van der Waals surface area contributed by atoms with Gasteiger partial charge in [0.2, 0.25) is 0 Å². The normalized spacial score (nSPS) is 12.2. The highest BCUT2D eigenvalue weighted by Crippen LogP contribution is 2.29. The number of hydrogen-bond donors (Lipinski definition) is 2. The fourth-order valence-corrected chi connectivity index (χ4v) is 2.46. The van der Waals surface area contributed by atoms with Crippen molar-refractivity contribution in [1.82, 2.24) is 4.98 Å². The van der Waals surface area contributed by atoms with Crippen molar-refractivity contribution in [2.45, 2.75) is 33.8 Å². The maximum absolute atomic E-state index is 12.2. The summed E-state index contributed by atoms with van der Waals surface area (Å²) >= 11 is 0. The fourth-order valence-electron chi connectivity index (χ4n) is 2.46. The maximum Gasteiger partial charge on any atom is 0.341 e. The van der Waals surface area contributed by atoms with Crippen molar-refractivity contribution in [3.05, 3.63) is 35.0 Å². The van der Waals surface area contributed by atoms with Gasteiger partial charge in [-0.2, -0.15) is 0 Å². The van der Waals surface area contributed by atoms with E-state index in [-0.39, 0.29) is 0 Å². The molecule has 118 valence electrons. The lowest BCUT2D eigenvalue weighted by atomic mass is 10.0. The van der Waals surface area contributed by atoms with Crippen molar-refractivity contribution in [3.63, 3.8) is 0 Å². The number of carbonyl (C=O) groups excluding carboxylic acids is 1. The predicted octanol–water partition coefficient (Wildman–Crippen LogP) is 2.82. The molecule has 22 heavy (non-hydrogen) atoms. The highest BCUT2D eigenvalue weighted by Gasteiger charge is 2.18. The van der Waals surface area contributed by atoms with E-state index in [0.717, 1.165) is 22.0 Å². The first-order valence-electron chi connectivity index (χ1n) is 7.43. The molecule has 0 radical (unpaired) electrons. The molecule has 1 atom stereocenters. The minimum atomic E-state index is -0.524. The minimum absolute atomic E-state index is 0.305. The molecule has 0 aliphatic heterocycles. The second kappa shape index (κ2) is 6.75. The van der Waals surface area contributed by atoms with Crippen LogP contribution in [0.2, 0.25) is 0 Å². The van der Waals surface area contributed by atoms with Gasteiger partial charge in [-0.3, -0.25) is 4.98 Å². The molecule has 0 fully saturated rings. The van der Waals surface area contributed by atoms with E-state index in [0.29, 0.717) is 24.4 Å². The SMILES string of the molecule is CCOC(=O)c1cnc2c(C)cc(C)cc2c1NC[C@H](C)O. The van der Waals surface area contributed by atoms with Crippen molar-refractivity contribution < 1.29 is 14.6 Å². The molecular formula is C17H22N2O3. The summed E-state index contributed by atoms with van der Waals surface area (Å²) in [4.78, 5) is 16.6. The van der Waals surface area contributed by atoms with Gasteiger partial charge in [0.15, 0.2) is 0 Å². The lowest BCUT2D eigenvalue weighted by Gasteiger charge is -2.16. The number of ether oxygens (including phenoxy) is 1. The number of carbonyl (C=O) groups is 1. The molecule has 0 saturated heterocycles. The van der Waals surface area contributed by atoms with Crippen molar-refractivity contribution in [2.75, 3.05) is 18.5 Å². The standard InChI is InChI=1S/C17H22N2O3/c1-5-22-17(21)14-9-19-15-11(3)6-10(2)7-13(15)16(14)18-8-12(4)20/h6-7,9,12,20H,5,8H2,1-4H3,(H,18,19)/t12-/m0/s1. The van der Waals surface area contributed by atoms with E-state index in [1.54, 1.807) is 13.8 Å². The zero-order valence-corrected chi connectivity index (χ0v) is 13.4. The average molecular weight is 302 g/mol. The number of fused-ring (bicyclic) bond motifs is 1. The number of hydrogen-bond acceptors (Lipinski definition) is 5. The van der Waals surface area contributed by atoms with Crippen LogP contribution >= 0.6 is 0 Å². The molecule has 1 aromatic heterocycles. The monoisotopic (exact) mass is 302 g/mol. The van der Waals surface area contributed by atoms with E-state index in [9.17, 15) is 9.90 Å². The molecule has 2 aromatic rings. The van der Waals surface area contributed by atoms with Gasteiger partial charge in [-0.15, -0.1) is 0 Å². The van der Waals surface area contributed by atoms with Crippen LogP contribution in [0.15, 0.2) is 18.3 Å². The van der Waals surface area contributed by atoms with Crippen LogP contribution in [-0.4, -0.2) is 35.3 Å². The van der Waals surface area contributed by atoms with Gasteiger partial charge in [0.25, 0.3) is 0 Å². The topological polar surface area (TPSA) is 71.5 Å². The van der Waals surface area contributed by atoms with E-state index < -0.39 is 12.1 Å². The molecule has 0 bridgehead atoms. The van der Waals surface area contributed by atoms with E-state index in [1.165, 1.54) is 6.20 Å². The summed E-state index contributed by atoms with van der Waals surface area (Å²) in [5.41, 5.74) is 4.03. The number of aryl methyl sites for hydroxylation is 2. The third kappa shape index (κ3) is 3.36. The van der Waals surface area contributed by atoms with E-state index in [2.05, 4.69) is 16.4 Å². The molecule has 5 nitrogen and oxygen atoms in total. The number of aliphatic hydroxyl groups excluding tert-OH is 1. The average Bonchev–Trinajstić information content (AvgIpc) is 2.44.